The SMILES string of the molecule is COC(=O)/C=C\C=C\C(C)C. The van der Waals surface area contributed by atoms with Crippen molar-refractivity contribution in [3.05, 3.63) is 24.3 Å². The van der Waals surface area contributed by atoms with Gasteiger partial charge in [-0.3, -0.25) is 0 Å². The summed E-state index contributed by atoms with van der Waals surface area (Å²) in [6, 6.07) is 0. The van der Waals surface area contributed by atoms with Gasteiger partial charge in [0.05, 0.1) is 7.11 Å². The van der Waals surface area contributed by atoms with Crippen LogP contribution in [-0.4, -0.2) is 13.1 Å². The van der Waals surface area contributed by atoms with Gasteiger partial charge in [0.2, 0.25) is 0 Å². The Hall–Kier alpha value is -1.05. The molecule has 0 unspecified atom stereocenters. The molecule has 2 nitrogen and oxygen atoms in total. The molecule has 0 saturated carbocycles. The van der Waals surface area contributed by atoms with Crippen LogP contribution in [0.4, 0.5) is 0 Å². The third kappa shape index (κ3) is 6.84. The lowest BCUT2D eigenvalue weighted by Crippen LogP contribution is -1.92. The van der Waals surface area contributed by atoms with Crippen LogP contribution in [0.15, 0.2) is 24.3 Å². The highest BCUT2D eigenvalue weighted by Gasteiger charge is 1.86. The Kier molecular flexibility index (Phi) is 5.17. The summed E-state index contributed by atoms with van der Waals surface area (Å²) < 4.78 is 4.40. The van der Waals surface area contributed by atoms with Gasteiger partial charge in [0.25, 0.3) is 0 Å². The van der Waals surface area contributed by atoms with Gasteiger partial charge in [-0.15, -0.1) is 0 Å². The summed E-state index contributed by atoms with van der Waals surface area (Å²) in [6.07, 6.45) is 6.89. The third-order valence-electron chi connectivity index (χ3n) is 1.04. The number of hydrogen-bond acceptors (Lipinski definition) is 2. The van der Waals surface area contributed by atoms with Crippen molar-refractivity contribution in [3.63, 3.8) is 0 Å². The maximum atomic E-state index is 10.5. The van der Waals surface area contributed by atoms with Crippen LogP contribution in [0.5, 0.6) is 0 Å². The smallest absolute Gasteiger partial charge is 0.330 e. The summed E-state index contributed by atoms with van der Waals surface area (Å²) in [4.78, 5) is 10.5. The van der Waals surface area contributed by atoms with E-state index in [-0.39, 0.29) is 5.97 Å². The van der Waals surface area contributed by atoms with E-state index in [0.717, 1.165) is 0 Å². The van der Waals surface area contributed by atoms with Crippen LogP contribution in [0.3, 0.4) is 0 Å². The standard InChI is InChI=1S/C9H14O2/c1-8(2)6-4-5-7-9(10)11-3/h4-8H,1-3H3/b6-4+,7-5-. The first kappa shape index (κ1) is 9.95. The van der Waals surface area contributed by atoms with E-state index >= 15 is 0 Å². The molecule has 0 aliphatic carbocycles. The number of carbonyl (C=O) groups is 1. The normalized spacial score (nSPS) is 11.6. The van der Waals surface area contributed by atoms with E-state index in [0.29, 0.717) is 5.92 Å². The number of hydrogen-bond donors (Lipinski definition) is 0. The Morgan fingerprint density at radius 1 is 1.36 bits per heavy atom. The van der Waals surface area contributed by atoms with Crippen LogP contribution < -0.4 is 0 Å². The van der Waals surface area contributed by atoms with Crippen molar-refractivity contribution in [2.45, 2.75) is 13.8 Å². The van der Waals surface area contributed by atoms with E-state index in [4.69, 9.17) is 0 Å². The predicted molar refractivity (Wildman–Crippen MR) is 45.1 cm³/mol. The zero-order valence-electron chi connectivity index (χ0n) is 7.20. The number of carbonyl (C=O) groups excluding carboxylic acids is 1. The topological polar surface area (TPSA) is 26.3 Å². The molecular formula is C9H14O2. The van der Waals surface area contributed by atoms with Gasteiger partial charge < -0.3 is 4.74 Å². The highest BCUT2D eigenvalue weighted by Crippen LogP contribution is 1.93. The highest BCUT2D eigenvalue weighted by atomic mass is 16.5. The number of esters is 1. The number of ether oxygens (including phenoxy) is 1. The van der Waals surface area contributed by atoms with E-state index in [2.05, 4.69) is 18.6 Å². The van der Waals surface area contributed by atoms with Gasteiger partial charge in [0, 0.05) is 6.08 Å². The Morgan fingerprint density at radius 3 is 2.45 bits per heavy atom. The molecule has 0 aromatic rings. The molecule has 11 heavy (non-hydrogen) atoms. The average molecular weight is 154 g/mol. The first-order valence-corrected chi connectivity index (χ1v) is 3.59. The van der Waals surface area contributed by atoms with E-state index in [1.807, 2.05) is 12.2 Å². The van der Waals surface area contributed by atoms with Crippen LogP contribution in [0.25, 0.3) is 0 Å². The number of methoxy groups -OCH3 is 1. The van der Waals surface area contributed by atoms with Crippen molar-refractivity contribution in [3.8, 4) is 0 Å². The zero-order valence-corrected chi connectivity index (χ0v) is 7.20. The van der Waals surface area contributed by atoms with E-state index in [1.54, 1.807) is 6.08 Å². The molecule has 0 aliphatic rings. The summed E-state index contributed by atoms with van der Waals surface area (Å²) in [5.74, 6) is 0.190. The van der Waals surface area contributed by atoms with Crippen LogP contribution >= 0.6 is 0 Å². The van der Waals surface area contributed by atoms with Crippen molar-refractivity contribution >= 4 is 5.97 Å². The van der Waals surface area contributed by atoms with Crippen molar-refractivity contribution < 1.29 is 9.53 Å². The van der Waals surface area contributed by atoms with Crippen molar-refractivity contribution in [1.29, 1.82) is 0 Å². The fraction of sp³-hybridized carbons (Fsp3) is 0.444. The Morgan fingerprint density at radius 2 is 2.00 bits per heavy atom. The minimum atomic E-state index is -0.321. The van der Waals surface area contributed by atoms with Gasteiger partial charge in [-0.05, 0) is 5.92 Å². The molecule has 0 rings (SSSR count). The number of rotatable bonds is 3. The Labute approximate surface area is 67.6 Å². The quantitative estimate of drug-likeness (QED) is 0.352. The maximum absolute atomic E-state index is 10.5. The van der Waals surface area contributed by atoms with Crippen LogP contribution in [0.1, 0.15) is 13.8 Å². The van der Waals surface area contributed by atoms with Crippen molar-refractivity contribution in [2.24, 2.45) is 5.92 Å². The fourth-order valence-corrected chi connectivity index (χ4v) is 0.489. The van der Waals surface area contributed by atoms with Gasteiger partial charge >= 0.3 is 5.97 Å². The second-order valence-electron chi connectivity index (χ2n) is 2.51. The van der Waals surface area contributed by atoms with Gasteiger partial charge in [0.15, 0.2) is 0 Å². The van der Waals surface area contributed by atoms with Crippen LogP contribution in [-0.2, 0) is 9.53 Å². The van der Waals surface area contributed by atoms with Gasteiger partial charge in [-0.1, -0.05) is 32.1 Å². The highest BCUT2D eigenvalue weighted by molar-refractivity contribution is 5.82. The largest absolute Gasteiger partial charge is 0.466 e. The van der Waals surface area contributed by atoms with E-state index in [9.17, 15) is 4.79 Å². The molecule has 62 valence electrons. The van der Waals surface area contributed by atoms with Gasteiger partial charge in [0.1, 0.15) is 0 Å². The molecule has 0 aliphatic heterocycles. The van der Waals surface area contributed by atoms with Crippen molar-refractivity contribution in [2.75, 3.05) is 7.11 Å². The summed E-state index contributed by atoms with van der Waals surface area (Å²) in [7, 11) is 1.36. The minimum absolute atomic E-state index is 0.321. The first-order valence-electron chi connectivity index (χ1n) is 3.59. The minimum Gasteiger partial charge on any atom is -0.466 e. The molecule has 0 bridgehead atoms. The third-order valence-corrected chi connectivity index (χ3v) is 1.04. The molecule has 0 N–H and O–H groups in total. The van der Waals surface area contributed by atoms with Crippen LogP contribution in [0, 0.1) is 5.92 Å². The Bertz CT molecular complexity index is 166. The maximum Gasteiger partial charge on any atom is 0.330 e. The second-order valence-corrected chi connectivity index (χ2v) is 2.51. The molecule has 0 saturated heterocycles. The number of allylic oxidation sites excluding steroid dienone is 3. The monoisotopic (exact) mass is 154 g/mol. The lowest BCUT2D eigenvalue weighted by Gasteiger charge is -1.89. The molecule has 0 radical (unpaired) electrons. The second kappa shape index (κ2) is 5.71. The van der Waals surface area contributed by atoms with Crippen LogP contribution in [0.2, 0.25) is 0 Å². The summed E-state index contributed by atoms with van der Waals surface area (Å²) in [6.45, 7) is 4.14. The van der Waals surface area contributed by atoms with Crippen molar-refractivity contribution in [1.82, 2.24) is 0 Å². The molecule has 0 atom stereocenters. The molecule has 0 heterocycles. The molecule has 2 heteroatoms. The molecule has 0 spiro atoms. The molecular weight excluding hydrogens is 140 g/mol. The summed E-state index contributed by atoms with van der Waals surface area (Å²) in [5.41, 5.74) is 0. The Balaban J connectivity index is 3.68. The first-order chi connectivity index (χ1) is 5.16. The molecule has 0 aromatic carbocycles. The van der Waals surface area contributed by atoms with E-state index < -0.39 is 0 Å². The predicted octanol–water partition coefficient (Wildman–Crippen LogP) is 1.93. The summed E-state index contributed by atoms with van der Waals surface area (Å²) in [5, 5.41) is 0. The molecule has 0 aromatic heterocycles. The van der Waals surface area contributed by atoms with Gasteiger partial charge in [-0.25, -0.2) is 4.79 Å². The fourth-order valence-electron chi connectivity index (χ4n) is 0.489. The van der Waals surface area contributed by atoms with E-state index in [1.165, 1.54) is 13.2 Å². The lowest BCUT2D eigenvalue weighted by atomic mass is 10.2. The molecule has 0 fully saturated rings. The van der Waals surface area contributed by atoms with Gasteiger partial charge in [-0.2, -0.15) is 0 Å². The summed E-state index contributed by atoms with van der Waals surface area (Å²) >= 11 is 0. The lowest BCUT2D eigenvalue weighted by molar-refractivity contribution is -0.134. The average Bonchev–Trinajstić information content (AvgIpc) is 1.97. The molecule has 0 amide bonds. The zero-order chi connectivity index (χ0) is 8.69.